The van der Waals surface area contributed by atoms with Crippen LogP contribution in [0, 0.1) is 0 Å². The van der Waals surface area contributed by atoms with Crippen LogP contribution in [0.2, 0.25) is 0 Å². The molecule has 0 unspecified atom stereocenters. The molecule has 0 atom stereocenters. The van der Waals surface area contributed by atoms with Crippen LogP contribution in [0.3, 0.4) is 0 Å². The van der Waals surface area contributed by atoms with E-state index in [-0.39, 0.29) is 28.0 Å². The molecule has 0 bridgehead atoms. The van der Waals surface area contributed by atoms with Crippen molar-refractivity contribution in [3.05, 3.63) is 52.4 Å². The van der Waals surface area contributed by atoms with Crippen molar-refractivity contribution in [2.45, 2.75) is 19.4 Å². The molecule has 0 saturated heterocycles. The maximum atomic E-state index is 12.5. The van der Waals surface area contributed by atoms with Crippen molar-refractivity contribution >= 4 is 17.0 Å². The van der Waals surface area contributed by atoms with Gasteiger partial charge in [0.25, 0.3) is 0 Å². The third kappa shape index (κ3) is 2.70. The quantitative estimate of drug-likeness (QED) is 0.665. The van der Waals surface area contributed by atoms with Crippen LogP contribution in [0.1, 0.15) is 19.4 Å². The topological polar surface area (TPSA) is 89.1 Å². The molecular weight excluding hydrogens is 348 g/mol. The van der Waals surface area contributed by atoms with Crippen LogP contribution < -0.4 is 15.1 Å². The minimum Gasteiger partial charge on any atom is -0.508 e. The van der Waals surface area contributed by atoms with Crippen molar-refractivity contribution in [2.75, 3.05) is 7.11 Å². The zero-order chi connectivity index (χ0) is 19.3. The number of aromatic hydroxyl groups is 2. The van der Waals surface area contributed by atoms with Crippen LogP contribution in [-0.2, 0) is 0 Å². The normalized spacial score (nSPS) is 14.6. The van der Waals surface area contributed by atoms with Gasteiger partial charge >= 0.3 is 5.63 Å². The van der Waals surface area contributed by atoms with Crippen molar-refractivity contribution in [3.8, 4) is 34.1 Å². The van der Waals surface area contributed by atoms with Gasteiger partial charge in [-0.25, -0.2) is 4.79 Å². The van der Waals surface area contributed by atoms with Crippen LogP contribution >= 0.6 is 0 Å². The highest BCUT2D eigenvalue weighted by molar-refractivity contribution is 5.99. The standard InChI is InChI=1S/C21H18O6/c1-21(2)9-8-13-14(27-21)10-15-17(19(13)25-3)18(23)16(20(24)26-15)11-4-6-12(22)7-5-11/h4-10,22-23H,1-3H3. The minimum absolute atomic E-state index is 0.00165. The van der Waals surface area contributed by atoms with Gasteiger partial charge in [-0.1, -0.05) is 12.1 Å². The van der Waals surface area contributed by atoms with Crippen LogP contribution in [0.15, 0.2) is 45.6 Å². The SMILES string of the molecule is COc1c2c(cc3oc(=O)c(-c4ccc(O)cc4)c(O)c13)OC(C)(C)C=C2. The maximum Gasteiger partial charge on any atom is 0.347 e. The third-order valence-electron chi connectivity index (χ3n) is 4.51. The van der Waals surface area contributed by atoms with Crippen LogP contribution in [0.5, 0.6) is 23.0 Å². The van der Waals surface area contributed by atoms with Crippen molar-refractivity contribution in [1.29, 1.82) is 0 Å². The average molecular weight is 366 g/mol. The number of rotatable bonds is 2. The molecule has 0 saturated carbocycles. The van der Waals surface area contributed by atoms with E-state index in [1.165, 1.54) is 31.4 Å². The van der Waals surface area contributed by atoms with E-state index < -0.39 is 11.2 Å². The van der Waals surface area contributed by atoms with E-state index in [1.54, 1.807) is 6.07 Å². The second-order valence-electron chi connectivity index (χ2n) is 6.89. The first-order chi connectivity index (χ1) is 12.8. The van der Waals surface area contributed by atoms with Crippen molar-refractivity contribution < 1.29 is 24.1 Å². The molecule has 6 nitrogen and oxygen atoms in total. The molecule has 0 spiro atoms. The Labute approximate surface area is 154 Å². The Morgan fingerprint density at radius 2 is 1.81 bits per heavy atom. The molecule has 138 valence electrons. The molecule has 3 aromatic rings. The van der Waals surface area contributed by atoms with E-state index in [1.807, 2.05) is 26.0 Å². The summed E-state index contributed by atoms with van der Waals surface area (Å²) in [6.07, 6.45) is 3.75. The zero-order valence-electron chi connectivity index (χ0n) is 15.1. The summed E-state index contributed by atoms with van der Waals surface area (Å²) in [5.74, 6) is 0.673. The summed E-state index contributed by atoms with van der Waals surface area (Å²) in [7, 11) is 1.48. The Bertz CT molecular complexity index is 1140. The van der Waals surface area contributed by atoms with E-state index in [0.717, 1.165) is 0 Å². The predicted octanol–water partition coefficient (Wildman–Crippen LogP) is 4.06. The lowest BCUT2D eigenvalue weighted by Crippen LogP contribution is -2.27. The molecule has 2 aromatic carbocycles. The zero-order valence-corrected chi connectivity index (χ0v) is 15.1. The molecule has 4 rings (SSSR count). The Balaban J connectivity index is 2.06. The van der Waals surface area contributed by atoms with E-state index in [9.17, 15) is 15.0 Å². The molecule has 0 fully saturated rings. The number of benzene rings is 2. The molecule has 0 amide bonds. The molecule has 0 aliphatic carbocycles. The Morgan fingerprint density at radius 1 is 1.11 bits per heavy atom. The summed E-state index contributed by atoms with van der Waals surface area (Å²) in [5, 5.41) is 20.7. The van der Waals surface area contributed by atoms with Crippen LogP contribution in [0.4, 0.5) is 0 Å². The number of phenolic OH excluding ortho intramolecular Hbond substituents is 1. The fourth-order valence-corrected chi connectivity index (χ4v) is 3.24. The number of methoxy groups -OCH3 is 1. The summed E-state index contributed by atoms with van der Waals surface area (Å²) in [6.45, 7) is 3.81. The fourth-order valence-electron chi connectivity index (χ4n) is 3.24. The van der Waals surface area contributed by atoms with Gasteiger partial charge in [-0.15, -0.1) is 0 Å². The van der Waals surface area contributed by atoms with Crippen LogP contribution in [-0.4, -0.2) is 22.9 Å². The lowest BCUT2D eigenvalue weighted by atomic mass is 9.98. The molecular formula is C21H18O6. The highest BCUT2D eigenvalue weighted by atomic mass is 16.5. The Kier molecular flexibility index (Phi) is 3.66. The first-order valence-corrected chi connectivity index (χ1v) is 8.39. The van der Waals surface area contributed by atoms with Crippen molar-refractivity contribution in [2.24, 2.45) is 0 Å². The second kappa shape index (κ2) is 5.81. The Morgan fingerprint density at radius 3 is 2.48 bits per heavy atom. The van der Waals surface area contributed by atoms with Crippen LogP contribution in [0.25, 0.3) is 28.2 Å². The number of hydrogen-bond donors (Lipinski definition) is 2. The third-order valence-corrected chi connectivity index (χ3v) is 4.51. The van der Waals surface area contributed by atoms with Gasteiger partial charge in [0.05, 0.1) is 12.7 Å². The summed E-state index contributed by atoms with van der Waals surface area (Å²) in [6, 6.07) is 7.51. The van der Waals surface area contributed by atoms with Gasteiger partial charge < -0.3 is 24.1 Å². The molecule has 1 aliphatic heterocycles. The van der Waals surface area contributed by atoms with Crippen molar-refractivity contribution in [1.82, 2.24) is 0 Å². The maximum absolute atomic E-state index is 12.5. The van der Waals surface area contributed by atoms with Gasteiger partial charge in [-0.05, 0) is 43.7 Å². The van der Waals surface area contributed by atoms with Gasteiger partial charge in [-0.3, -0.25) is 0 Å². The highest BCUT2D eigenvalue weighted by Crippen LogP contribution is 2.46. The van der Waals surface area contributed by atoms with E-state index in [0.29, 0.717) is 22.6 Å². The average Bonchev–Trinajstić information content (AvgIpc) is 2.60. The Hall–Kier alpha value is -3.41. The van der Waals surface area contributed by atoms with E-state index in [4.69, 9.17) is 13.9 Å². The molecule has 2 heterocycles. The molecule has 1 aliphatic rings. The van der Waals surface area contributed by atoms with Crippen molar-refractivity contribution in [3.63, 3.8) is 0 Å². The first-order valence-electron chi connectivity index (χ1n) is 8.39. The van der Waals surface area contributed by atoms with E-state index in [2.05, 4.69) is 0 Å². The number of fused-ring (bicyclic) bond motifs is 2. The van der Waals surface area contributed by atoms with Gasteiger partial charge in [0.2, 0.25) is 0 Å². The lowest BCUT2D eigenvalue weighted by Gasteiger charge is -2.29. The molecule has 27 heavy (non-hydrogen) atoms. The first kappa shape index (κ1) is 17.0. The molecule has 1 aromatic heterocycles. The number of hydrogen-bond acceptors (Lipinski definition) is 6. The monoisotopic (exact) mass is 366 g/mol. The minimum atomic E-state index is -0.696. The molecule has 0 radical (unpaired) electrons. The smallest absolute Gasteiger partial charge is 0.347 e. The van der Waals surface area contributed by atoms with Gasteiger partial charge in [0.15, 0.2) is 0 Å². The van der Waals surface area contributed by atoms with Gasteiger partial charge in [0, 0.05) is 6.07 Å². The van der Waals surface area contributed by atoms with Gasteiger partial charge in [-0.2, -0.15) is 0 Å². The molecule has 6 heteroatoms. The predicted molar refractivity (Wildman–Crippen MR) is 102 cm³/mol. The second-order valence-corrected chi connectivity index (χ2v) is 6.89. The molecule has 2 N–H and O–H groups in total. The van der Waals surface area contributed by atoms with Gasteiger partial charge in [0.1, 0.15) is 45.1 Å². The number of ether oxygens (including phenoxy) is 2. The largest absolute Gasteiger partial charge is 0.508 e. The summed E-state index contributed by atoms with van der Waals surface area (Å²) in [4.78, 5) is 12.5. The highest BCUT2D eigenvalue weighted by Gasteiger charge is 2.28. The number of phenols is 1. The summed E-state index contributed by atoms with van der Waals surface area (Å²) >= 11 is 0. The summed E-state index contributed by atoms with van der Waals surface area (Å²) < 4.78 is 16.9. The lowest BCUT2D eigenvalue weighted by molar-refractivity contribution is 0.158. The fraction of sp³-hybridized carbons (Fsp3) is 0.190. The summed E-state index contributed by atoms with van der Waals surface area (Å²) in [5.41, 5.74) is 0.0422. The van der Waals surface area contributed by atoms with E-state index >= 15 is 0 Å².